The average Bonchev–Trinajstić information content (AvgIpc) is 3.13. The number of amides is 2. The SMILES string of the molecule is O=C(NC1CCCCC1)[C@@H](Cc1ccccc1)N(Cc1ccccc1F)C(=O)CN(c1ccc(F)cc1)S(=O)(=O)c1ccc2c(c1)OCCO2. The molecule has 1 atom stereocenters. The van der Waals surface area contributed by atoms with Crippen molar-refractivity contribution >= 4 is 27.5 Å². The van der Waals surface area contributed by atoms with Crippen LogP contribution < -0.4 is 19.1 Å². The quantitative estimate of drug-likeness (QED) is 0.194. The number of carbonyl (C=O) groups excluding carboxylic acids is 2. The molecule has 9 nitrogen and oxygen atoms in total. The molecule has 0 bridgehead atoms. The van der Waals surface area contributed by atoms with E-state index in [0.29, 0.717) is 12.4 Å². The Morgan fingerprint density at radius 3 is 2.22 bits per heavy atom. The highest BCUT2D eigenvalue weighted by atomic mass is 32.2. The molecule has 0 radical (unpaired) electrons. The number of sulfonamides is 1. The zero-order chi connectivity index (χ0) is 35.1. The third kappa shape index (κ3) is 8.24. The van der Waals surface area contributed by atoms with Gasteiger partial charge in [-0.05, 0) is 60.9 Å². The summed E-state index contributed by atoms with van der Waals surface area (Å²) in [7, 11) is -4.48. The van der Waals surface area contributed by atoms with Crippen LogP contribution in [0.5, 0.6) is 11.5 Å². The van der Waals surface area contributed by atoms with Crippen LogP contribution in [0.2, 0.25) is 0 Å². The van der Waals surface area contributed by atoms with E-state index < -0.39 is 46.1 Å². The van der Waals surface area contributed by atoms with Gasteiger partial charge in [0.2, 0.25) is 11.8 Å². The molecule has 0 saturated heterocycles. The average molecular weight is 704 g/mol. The number of hydrogen-bond donors (Lipinski definition) is 1. The van der Waals surface area contributed by atoms with E-state index in [2.05, 4.69) is 5.32 Å². The lowest BCUT2D eigenvalue weighted by Gasteiger charge is -2.35. The van der Waals surface area contributed by atoms with Gasteiger partial charge in [0, 0.05) is 30.6 Å². The number of ether oxygens (including phenoxy) is 2. The highest BCUT2D eigenvalue weighted by Gasteiger charge is 2.36. The Kier molecular flexibility index (Phi) is 11.0. The summed E-state index contributed by atoms with van der Waals surface area (Å²) in [4.78, 5) is 29.9. The van der Waals surface area contributed by atoms with Crippen LogP contribution in [-0.4, -0.2) is 57.0 Å². The fraction of sp³-hybridized carbons (Fsp3) is 0.316. The van der Waals surface area contributed by atoms with Gasteiger partial charge >= 0.3 is 0 Å². The first-order valence-electron chi connectivity index (χ1n) is 16.7. The molecule has 50 heavy (non-hydrogen) atoms. The van der Waals surface area contributed by atoms with Crippen LogP contribution in [0.15, 0.2) is 102 Å². The van der Waals surface area contributed by atoms with Gasteiger partial charge in [-0.25, -0.2) is 17.2 Å². The van der Waals surface area contributed by atoms with E-state index in [1.807, 2.05) is 30.3 Å². The standard InChI is InChI=1S/C38H39F2N3O6S/c39-29-15-17-31(18-16-29)43(50(46,47)32-19-20-35-36(24-32)49-22-21-48-35)26-37(44)42(25-28-11-7-8-14-33(28)40)34(23-27-9-3-1-4-10-27)38(45)41-30-12-5-2-6-13-30/h1,3-4,7-11,14-20,24,30,34H,2,5-6,12-13,21-23,25-26H2,(H,41,45)/t34-/m1/s1. The van der Waals surface area contributed by atoms with E-state index >= 15 is 4.39 Å². The second-order valence-electron chi connectivity index (χ2n) is 12.5. The Morgan fingerprint density at radius 2 is 1.50 bits per heavy atom. The molecule has 0 unspecified atom stereocenters. The summed E-state index contributed by atoms with van der Waals surface area (Å²) in [6.07, 6.45) is 4.72. The molecule has 4 aromatic carbocycles. The number of carbonyl (C=O) groups is 2. The van der Waals surface area contributed by atoms with E-state index in [0.717, 1.165) is 54.1 Å². The molecule has 0 aromatic heterocycles. The third-order valence-corrected chi connectivity index (χ3v) is 10.8. The number of nitrogens with zero attached hydrogens (tertiary/aromatic N) is 2. The predicted octanol–water partition coefficient (Wildman–Crippen LogP) is 6.02. The topological polar surface area (TPSA) is 105 Å². The fourth-order valence-corrected chi connectivity index (χ4v) is 7.79. The number of benzene rings is 4. The van der Waals surface area contributed by atoms with Gasteiger partial charge in [0.1, 0.15) is 37.4 Å². The lowest BCUT2D eigenvalue weighted by molar-refractivity contribution is -0.140. The maximum atomic E-state index is 15.2. The summed E-state index contributed by atoms with van der Waals surface area (Å²) < 4.78 is 70.0. The lowest BCUT2D eigenvalue weighted by Crippen LogP contribution is -2.55. The number of fused-ring (bicyclic) bond motifs is 1. The second kappa shape index (κ2) is 15.7. The normalized spacial score (nSPS) is 15.2. The minimum absolute atomic E-state index is 0.0201. The van der Waals surface area contributed by atoms with Crippen molar-refractivity contribution in [2.75, 3.05) is 24.1 Å². The molecule has 2 amide bonds. The molecule has 2 aliphatic rings. The van der Waals surface area contributed by atoms with Gasteiger partial charge in [-0.2, -0.15) is 0 Å². The number of rotatable bonds is 12. The molecule has 0 spiro atoms. The maximum Gasteiger partial charge on any atom is 0.264 e. The van der Waals surface area contributed by atoms with E-state index in [4.69, 9.17) is 9.47 Å². The number of anilines is 1. The molecule has 1 fully saturated rings. The van der Waals surface area contributed by atoms with Crippen LogP contribution in [0.3, 0.4) is 0 Å². The van der Waals surface area contributed by atoms with Gasteiger partial charge in [-0.3, -0.25) is 13.9 Å². The predicted molar refractivity (Wildman–Crippen MR) is 184 cm³/mol. The largest absolute Gasteiger partial charge is 0.486 e. The number of hydrogen-bond acceptors (Lipinski definition) is 6. The van der Waals surface area contributed by atoms with Crippen LogP contribution in [0.25, 0.3) is 0 Å². The van der Waals surface area contributed by atoms with Gasteiger partial charge in [-0.1, -0.05) is 67.8 Å². The number of halogens is 2. The minimum Gasteiger partial charge on any atom is -0.486 e. The second-order valence-corrected chi connectivity index (χ2v) is 14.3. The summed E-state index contributed by atoms with van der Waals surface area (Å²) >= 11 is 0. The van der Waals surface area contributed by atoms with Crippen LogP contribution in [-0.2, 0) is 32.6 Å². The summed E-state index contributed by atoms with van der Waals surface area (Å²) in [5.41, 5.74) is 0.945. The Morgan fingerprint density at radius 1 is 0.820 bits per heavy atom. The zero-order valence-corrected chi connectivity index (χ0v) is 28.3. The first-order valence-corrected chi connectivity index (χ1v) is 18.2. The van der Waals surface area contributed by atoms with E-state index in [1.165, 1.54) is 53.4 Å². The van der Waals surface area contributed by atoms with E-state index in [-0.39, 0.29) is 47.5 Å². The molecule has 1 aliphatic carbocycles. The van der Waals surface area contributed by atoms with Crippen molar-refractivity contribution in [1.29, 1.82) is 0 Å². The molecule has 1 saturated carbocycles. The van der Waals surface area contributed by atoms with Crippen molar-refractivity contribution in [2.24, 2.45) is 0 Å². The van der Waals surface area contributed by atoms with Crippen molar-refractivity contribution in [2.45, 2.75) is 62.0 Å². The minimum atomic E-state index is -4.48. The molecule has 1 aliphatic heterocycles. The van der Waals surface area contributed by atoms with Gasteiger partial charge < -0.3 is 19.7 Å². The number of nitrogens with one attached hydrogen (secondary N) is 1. The summed E-state index contributed by atoms with van der Waals surface area (Å²) in [6.45, 7) is -0.527. The van der Waals surface area contributed by atoms with Crippen molar-refractivity contribution in [3.8, 4) is 11.5 Å². The Bertz CT molecular complexity index is 1900. The van der Waals surface area contributed by atoms with Crippen LogP contribution >= 0.6 is 0 Å². The molecule has 1 N–H and O–H groups in total. The van der Waals surface area contributed by atoms with Gasteiger partial charge in [0.05, 0.1) is 10.6 Å². The molecule has 4 aromatic rings. The lowest BCUT2D eigenvalue weighted by atomic mass is 9.94. The molecular weight excluding hydrogens is 664 g/mol. The summed E-state index contributed by atoms with van der Waals surface area (Å²) in [5.74, 6) is -1.72. The molecular formula is C38H39F2N3O6S. The van der Waals surface area contributed by atoms with Crippen LogP contribution in [0, 0.1) is 11.6 Å². The highest BCUT2D eigenvalue weighted by molar-refractivity contribution is 7.92. The van der Waals surface area contributed by atoms with Crippen molar-refractivity contribution < 1.29 is 36.3 Å². The molecule has 262 valence electrons. The third-order valence-electron chi connectivity index (χ3n) is 9.02. The Balaban J connectivity index is 1.40. The van der Waals surface area contributed by atoms with Gasteiger partial charge in [0.25, 0.3) is 10.0 Å². The van der Waals surface area contributed by atoms with Gasteiger partial charge in [0.15, 0.2) is 11.5 Å². The first-order chi connectivity index (χ1) is 24.2. The van der Waals surface area contributed by atoms with Crippen LogP contribution in [0.4, 0.5) is 14.5 Å². The smallest absolute Gasteiger partial charge is 0.264 e. The first kappa shape index (κ1) is 34.9. The Labute approximate surface area is 290 Å². The molecule has 12 heteroatoms. The van der Waals surface area contributed by atoms with Crippen LogP contribution in [0.1, 0.15) is 43.2 Å². The monoisotopic (exact) mass is 703 g/mol. The molecule has 1 heterocycles. The fourth-order valence-electron chi connectivity index (χ4n) is 6.36. The molecule has 6 rings (SSSR count). The van der Waals surface area contributed by atoms with E-state index in [1.54, 1.807) is 6.07 Å². The van der Waals surface area contributed by atoms with Crippen molar-refractivity contribution in [3.05, 3.63) is 120 Å². The summed E-state index contributed by atoms with van der Waals surface area (Å²) in [6, 6.07) is 22.8. The highest BCUT2D eigenvalue weighted by Crippen LogP contribution is 2.34. The maximum absolute atomic E-state index is 15.2. The summed E-state index contributed by atoms with van der Waals surface area (Å²) in [5, 5.41) is 3.13. The van der Waals surface area contributed by atoms with Crippen molar-refractivity contribution in [1.82, 2.24) is 10.2 Å². The van der Waals surface area contributed by atoms with E-state index in [9.17, 15) is 22.4 Å². The zero-order valence-electron chi connectivity index (χ0n) is 27.5. The Hall–Kier alpha value is -4.97. The van der Waals surface area contributed by atoms with Gasteiger partial charge in [-0.15, -0.1) is 0 Å². The van der Waals surface area contributed by atoms with Crippen molar-refractivity contribution in [3.63, 3.8) is 0 Å².